The van der Waals surface area contributed by atoms with E-state index >= 15 is 0 Å². The van der Waals surface area contributed by atoms with Gasteiger partial charge in [-0.15, -0.1) is 0 Å². The van der Waals surface area contributed by atoms with Gasteiger partial charge in [-0.25, -0.2) is 9.97 Å². The highest BCUT2D eigenvalue weighted by Gasteiger charge is 2.07. The molecule has 0 saturated heterocycles. The van der Waals surface area contributed by atoms with Crippen LogP contribution in [0.1, 0.15) is 15.9 Å². The van der Waals surface area contributed by atoms with Gasteiger partial charge in [0.25, 0.3) is 5.91 Å². The van der Waals surface area contributed by atoms with Crippen LogP contribution in [0.5, 0.6) is 11.5 Å². The predicted octanol–water partition coefficient (Wildman–Crippen LogP) is 2.30. The van der Waals surface area contributed by atoms with E-state index in [4.69, 9.17) is 9.47 Å². The second kappa shape index (κ2) is 9.86. The standard InChI is InChI=1S/C20H21N5O3/c1-27-17-4-6-18(7-5-17)28-10-9-22-20-24-13-16(14-25-20)19(26)23-12-15-3-2-8-21-11-15/h2-8,11,13-14H,9-10,12H2,1H3,(H,23,26)(H,22,24,25). The van der Waals surface area contributed by atoms with Gasteiger partial charge in [0.2, 0.25) is 5.95 Å². The van der Waals surface area contributed by atoms with Crippen molar-refractivity contribution in [3.63, 3.8) is 0 Å². The monoisotopic (exact) mass is 379 g/mol. The van der Waals surface area contributed by atoms with E-state index in [1.54, 1.807) is 19.5 Å². The number of nitrogens with one attached hydrogen (secondary N) is 2. The maximum absolute atomic E-state index is 12.1. The number of methoxy groups -OCH3 is 1. The Labute approximate surface area is 163 Å². The highest BCUT2D eigenvalue weighted by molar-refractivity contribution is 5.93. The van der Waals surface area contributed by atoms with Crippen LogP contribution in [0, 0.1) is 0 Å². The first kappa shape index (κ1) is 19.1. The van der Waals surface area contributed by atoms with Crippen LogP contribution in [-0.2, 0) is 6.54 Å². The van der Waals surface area contributed by atoms with E-state index in [0.29, 0.717) is 31.2 Å². The molecule has 0 spiro atoms. The molecular weight excluding hydrogens is 358 g/mol. The molecule has 28 heavy (non-hydrogen) atoms. The minimum Gasteiger partial charge on any atom is -0.497 e. The van der Waals surface area contributed by atoms with E-state index in [0.717, 1.165) is 17.1 Å². The van der Waals surface area contributed by atoms with Gasteiger partial charge in [-0.3, -0.25) is 9.78 Å². The molecule has 1 aromatic carbocycles. The lowest BCUT2D eigenvalue weighted by Crippen LogP contribution is -2.23. The second-order valence-corrected chi connectivity index (χ2v) is 5.79. The first-order valence-electron chi connectivity index (χ1n) is 8.74. The van der Waals surface area contributed by atoms with Crippen LogP contribution in [0.4, 0.5) is 5.95 Å². The maximum Gasteiger partial charge on any atom is 0.254 e. The van der Waals surface area contributed by atoms with E-state index in [1.165, 1.54) is 12.4 Å². The zero-order chi connectivity index (χ0) is 19.6. The molecule has 144 valence electrons. The molecule has 3 aromatic rings. The lowest BCUT2D eigenvalue weighted by molar-refractivity contribution is 0.0950. The zero-order valence-corrected chi connectivity index (χ0v) is 15.5. The second-order valence-electron chi connectivity index (χ2n) is 5.79. The number of benzene rings is 1. The van der Waals surface area contributed by atoms with E-state index in [1.807, 2.05) is 36.4 Å². The molecule has 0 aliphatic carbocycles. The molecule has 3 rings (SSSR count). The summed E-state index contributed by atoms with van der Waals surface area (Å²) < 4.78 is 10.7. The molecule has 8 nitrogen and oxygen atoms in total. The Hall–Kier alpha value is -3.68. The molecule has 0 unspecified atom stereocenters. The molecular formula is C20H21N5O3. The van der Waals surface area contributed by atoms with E-state index in [-0.39, 0.29) is 5.91 Å². The van der Waals surface area contributed by atoms with Crippen molar-refractivity contribution in [1.82, 2.24) is 20.3 Å². The molecule has 2 aromatic heterocycles. The summed E-state index contributed by atoms with van der Waals surface area (Å²) in [4.78, 5) is 24.4. The van der Waals surface area contributed by atoms with Crippen molar-refractivity contribution in [2.24, 2.45) is 0 Å². The van der Waals surface area contributed by atoms with Crippen LogP contribution in [0.25, 0.3) is 0 Å². The van der Waals surface area contributed by atoms with Crippen molar-refractivity contribution in [1.29, 1.82) is 0 Å². The van der Waals surface area contributed by atoms with Gasteiger partial charge in [0.15, 0.2) is 0 Å². The fourth-order valence-electron chi connectivity index (χ4n) is 2.33. The fraction of sp³-hybridized carbons (Fsp3) is 0.200. The van der Waals surface area contributed by atoms with Crippen LogP contribution < -0.4 is 20.1 Å². The zero-order valence-electron chi connectivity index (χ0n) is 15.5. The van der Waals surface area contributed by atoms with Crippen molar-refractivity contribution in [3.8, 4) is 11.5 Å². The van der Waals surface area contributed by atoms with Crippen LogP contribution in [0.3, 0.4) is 0 Å². The molecule has 2 heterocycles. The van der Waals surface area contributed by atoms with Gasteiger partial charge in [0.1, 0.15) is 18.1 Å². The third kappa shape index (κ3) is 5.66. The first-order chi connectivity index (χ1) is 13.7. The van der Waals surface area contributed by atoms with Gasteiger partial charge in [-0.2, -0.15) is 0 Å². The van der Waals surface area contributed by atoms with Gasteiger partial charge in [0.05, 0.1) is 19.2 Å². The van der Waals surface area contributed by atoms with Crippen molar-refractivity contribution in [3.05, 3.63) is 72.3 Å². The number of anilines is 1. The minimum absolute atomic E-state index is 0.238. The number of amides is 1. The van der Waals surface area contributed by atoms with Crippen molar-refractivity contribution in [2.75, 3.05) is 25.6 Å². The van der Waals surface area contributed by atoms with Crippen LogP contribution in [0.15, 0.2) is 61.2 Å². The van der Waals surface area contributed by atoms with Gasteiger partial charge in [0, 0.05) is 31.3 Å². The summed E-state index contributed by atoms with van der Waals surface area (Å²) in [5.41, 5.74) is 1.32. The van der Waals surface area contributed by atoms with Crippen LogP contribution in [0.2, 0.25) is 0 Å². The normalized spacial score (nSPS) is 10.2. The predicted molar refractivity (Wildman–Crippen MR) is 104 cm³/mol. The molecule has 0 radical (unpaired) electrons. The van der Waals surface area contributed by atoms with Gasteiger partial charge >= 0.3 is 0 Å². The fourth-order valence-corrected chi connectivity index (χ4v) is 2.33. The first-order valence-corrected chi connectivity index (χ1v) is 8.74. The highest BCUT2D eigenvalue weighted by Crippen LogP contribution is 2.16. The summed E-state index contributed by atoms with van der Waals surface area (Å²) in [6, 6.07) is 11.1. The number of carbonyl (C=O) groups is 1. The average molecular weight is 379 g/mol. The average Bonchev–Trinajstić information content (AvgIpc) is 2.76. The van der Waals surface area contributed by atoms with Crippen molar-refractivity contribution < 1.29 is 14.3 Å². The number of carbonyl (C=O) groups excluding carboxylic acids is 1. The molecule has 0 fully saturated rings. The quantitative estimate of drug-likeness (QED) is 0.551. The number of rotatable bonds is 9. The number of ether oxygens (including phenoxy) is 2. The third-order valence-corrected chi connectivity index (χ3v) is 3.80. The molecule has 2 N–H and O–H groups in total. The molecule has 0 atom stereocenters. The topological polar surface area (TPSA) is 98.3 Å². The molecule has 1 amide bonds. The summed E-state index contributed by atoms with van der Waals surface area (Å²) in [7, 11) is 1.62. The largest absolute Gasteiger partial charge is 0.497 e. The summed E-state index contributed by atoms with van der Waals surface area (Å²) in [6.45, 7) is 1.37. The Bertz CT molecular complexity index is 871. The molecule has 0 aliphatic heterocycles. The lowest BCUT2D eigenvalue weighted by Gasteiger charge is -2.09. The summed E-state index contributed by atoms with van der Waals surface area (Å²) in [5, 5.41) is 5.85. The molecule has 0 aliphatic rings. The molecule has 0 bridgehead atoms. The Balaban J connectivity index is 1.40. The van der Waals surface area contributed by atoms with Crippen molar-refractivity contribution >= 4 is 11.9 Å². The number of nitrogens with zero attached hydrogens (tertiary/aromatic N) is 3. The third-order valence-electron chi connectivity index (χ3n) is 3.80. The van der Waals surface area contributed by atoms with E-state index in [9.17, 15) is 4.79 Å². The lowest BCUT2D eigenvalue weighted by atomic mass is 10.2. The molecule has 8 heteroatoms. The summed E-state index contributed by atoms with van der Waals surface area (Å²) in [6.07, 6.45) is 6.36. The van der Waals surface area contributed by atoms with E-state index in [2.05, 4.69) is 25.6 Å². The van der Waals surface area contributed by atoms with Gasteiger partial charge in [-0.05, 0) is 35.9 Å². The number of hydrogen-bond acceptors (Lipinski definition) is 7. The van der Waals surface area contributed by atoms with Gasteiger partial charge < -0.3 is 20.1 Å². The number of pyridine rings is 1. The SMILES string of the molecule is COc1ccc(OCCNc2ncc(C(=O)NCc3cccnc3)cn2)cc1. The number of aromatic nitrogens is 3. The Kier molecular flexibility index (Phi) is 6.73. The van der Waals surface area contributed by atoms with Crippen LogP contribution in [-0.4, -0.2) is 41.1 Å². The van der Waals surface area contributed by atoms with Gasteiger partial charge in [-0.1, -0.05) is 6.07 Å². The molecule has 0 saturated carbocycles. The minimum atomic E-state index is -0.238. The highest BCUT2D eigenvalue weighted by atomic mass is 16.5. The van der Waals surface area contributed by atoms with Crippen molar-refractivity contribution in [2.45, 2.75) is 6.54 Å². The summed E-state index contributed by atoms with van der Waals surface area (Å²) in [5.74, 6) is 1.73. The number of hydrogen-bond donors (Lipinski definition) is 2. The maximum atomic E-state index is 12.1. The smallest absolute Gasteiger partial charge is 0.254 e. The Morgan fingerprint density at radius 1 is 1.04 bits per heavy atom. The van der Waals surface area contributed by atoms with E-state index < -0.39 is 0 Å². The Morgan fingerprint density at radius 2 is 1.79 bits per heavy atom. The Morgan fingerprint density at radius 3 is 2.46 bits per heavy atom. The summed E-state index contributed by atoms with van der Waals surface area (Å²) >= 11 is 0. The van der Waals surface area contributed by atoms with Crippen LogP contribution >= 0.6 is 0 Å².